The van der Waals surface area contributed by atoms with Crippen LogP contribution in [0.1, 0.15) is 63.3 Å². The predicted molar refractivity (Wildman–Crippen MR) is 78.1 cm³/mol. The fraction of sp³-hybridized carbons (Fsp3) is 0.667. The van der Waals surface area contributed by atoms with Crippen LogP contribution in [0, 0.1) is 0 Å². The van der Waals surface area contributed by atoms with E-state index in [9.17, 15) is 9.59 Å². The molecule has 1 amide bonds. The number of aromatic nitrogens is 2. The van der Waals surface area contributed by atoms with E-state index >= 15 is 0 Å². The Morgan fingerprint density at radius 2 is 1.81 bits per heavy atom. The largest absolute Gasteiger partial charge is 0.444 e. The minimum absolute atomic E-state index is 0.267. The number of rotatable bonds is 1. The molecule has 0 N–H and O–H groups in total. The van der Waals surface area contributed by atoms with Crippen molar-refractivity contribution in [1.82, 2.24) is 14.7 Å². The van der Waals surface area contributed by atoms with Crippen LogP contribution < -0.4 is 0 Å². The van der Waals surface area contributed by atoms with E-state index in [0.717, 1.165) is 17.5 Å². The summed E-state index contributed by atoms with van der Waals surface area (Å²) in [6.45, 7) is 12.2. The minimum Gasteiger partial charge on any atom is -0.444 e. The first-order chi connectivity index (χ1) is 9.53. The molecule has 0 saturated carbocycles. The number of nitrogens with zero attached hydrogens (tertiary/aromatic N) is 3. The van der Waals surface area contributed by atoms with Gasteiger partial charge in [-0.15, -0.1) is 0 Å². The standard InChI is InChI=1S/C15H23N3O3/c1-14(2,3)18-12(9-19)10-7-17(8-11(10)16-18)13(20)21-15(4,5)6/h9H,7-8H2,1-6H3. The van der Waals surface area contributed by atoms with Gasteiger partial charge >= 0.3 is 6.09 Å². The zero-order chi connectivity index (χ0) is 16.0. The molecule has 0 aliphatic carbocycles. The summed E-state index contributed by atoms with van der Waals surface area (Å²) in [4.78, 5) is 25.1. The van der Waals surface area contributed by atoms with Gasteiger partial charge in [0.25, 0.3) is 0 Å². The maximum atomic E-state index is 12.1. The molecule has 21 heavy (non-hydrogen) atoms. The van der Waals surface area contributed by atoms with Gasteiger partial charge < -0.3 is 4.74 Å². The molecular formula is C15H23N3O3. The van der Waals surface area contributed by atoms with Crippen LogP contribution in [-0.2, 0) is 23.4 Å². The monoisotopic (exact) mass is 293 g/mol. The molecule has 0 bridgehead atoms. The van der Waals surface area contributed by atoms with E-state index in [1.54, 1.807) is 9.58 Å². The molecule has 116 valence electrons. The van der Waals surface area contributed by atoms with Gasteiger partial charge in [0.2, 0.25) is 0 Å². The Morgan fingerprint density at radius 3 is 2.29 bits per heavy atom. The molecule has 0 atom stereocenters. The molecular weight excluding hydrogens is 270 g/mol. The highest BCUT2D eigenvalue weighted by atomic mass is 16.6. The quantitative estimate of drug-likeness (QED) is 0.747. The summed E-state index contributed by atoms with van der Waals surface area (Å²) in [6.07, 6.45) is 0.440. The first kappa shape index (κ1) is 15.5. The number of ether oxygens (including phenoxy) is 1. The summed E-state index contributed by atoms with van der Waals surface area (Å²) in [5, 5.41) is 4.50. The fourth-order valence-electron chi connectivity index (χ4n) is 2.33. The lowest BCUT2D eigenvalue weighted by Crippen LogP contribution is -2.34. The second-order valence-electron chi connectivity index (χ2n) is 7.35. The van der Waals surface area contributed by atoms with Crippen LogP contribution in [0.15, 0.2) is 0 Å². The molecule has 1 aromatic rings. The van der Waals surface area contributed by atoms with Gasteiger partial charge in [-0.05, 0) is 41.5 Å². The van der Waals surface area contributed by atoms with E-state index < -0.39 is 5.60 Å². The summed E-state index contributed by atoms with van der Waals surface area (Å²) in [6, 6.07) is 0. The Hall–Kier alpha value is -1.85. The van der Waals surface area contributed by atoms with Gasteiger partial charge in [0.15, 0.2) is 6.29 Å². The lowest BCUT2D eigenvalue weighted by molar-refractivity contribution is 0.0238. The van der Waals surface area contributed by atoms with Crippen LogP contribution in [-0.4, -0.2) is 32.7 Å². The van der Waals surface area contributed by atoms with E-state index in [1.807, 2.05) is 41.5 Å². The van der Waals surface area contributed by atoms with Crippen LogP contribution >= 0.6 is 0 Å². The summed E-state index contributed by atoms with van der Waals surface area (Å²) in [5.74, 6) is 0. The van der Waals surface area contributed by atoms with E-state index in [-0.39, 0.29) is 11.6 Å². The molecule has 6 nitrogen and oxygen atoms in total. The van der Waals surface area contributed by atoms with Gasteiger partial charge in [-0.25, -0.2) is 4.79 Å². The molecule has 2 heterocycles. The van der Waals surface area contributed by atoms with Crippen LogP contribution in [0.2, 0.25) is 0 Å². The fourth-order valence-corrected chi connectivity index (χ4v) is 2.33. The number of carbonyl (C=O) groups is 2. The Bertz CT molecular complexity index is 576. The van der Waals surface area contributed by atoms with Gasteiger partial charge in [0, 0.05) is 5.56 Å². The second-order valence-corrected chi connectivity index (χ2v) is 7.35. The summed E-state index contributed by atoms with van der Waals surface area (Å²) in [5.41, 5.74) is 1.35. The molecule has 0 aromatic carbocycles. The number of carbonyl (C=O) groups excluding carboxylic acids is 2. The van der Waals surface area contributed by atoms with Crippen molar-refractivity contribution in [2.24, 2.45) is 0 Å². The van der Waals surface area contributed by atoms with Crippen molar-refractivity contribution in [2.75, 3.05) is 0 Å². The van der Waals surface area contributed by atoms with Gasteiger partial charge in [-0.2, -0.15) is 5.10 Å². The second kappa shape index (κ2) is 4.86. The molecule has 0 spiro atoms. The van der Waals surface area contributed by atoms with Crippen LogP contribution in [0.4, 0.5) is 4.79 Å². The van der Waals surface area contributed by atoms with Crippen molar-refractivity contribution in [3.63, 3.8) is 0 Å². The Balaban J connectivity index is 2.23. The molecule has 0 radical (unpaired) electrons. The van der Waals surface area contributed by atoms with Crippen molar-refractivity contribution in [3.05, 3.63) is 17.0 Å². The molecule has 0 saturated heterocycles. The number of aldehydes is 1. The van der Waals surface area contributed by atoms with Crippen molar-refractivity contribution < 1.29 is 14.3 Å². The normalized spacial score (nSPS) is 15.0. The van der Waals surface area contributed by atoms with Crippen molar-refractivity contribution in [2.45, 2.75) is 65.8 Å². The third-order valence-corrected chi connectivity index (χ3v) is 3.19. The van der Waals surface area contributed by atoms with E-state index in [0.29, 0.717) is 18.8 Å². The average Bonchev–Trinajstić information content (AvgIpc) is 2.81. The van der Waals surface area contributed by atoms with E-state index in [1.165, 1.54) is 0 Å². The summed E-state index contributed by atoms with van der Waals surface area (Å²) in [7, 11) is 0. The van der Waals surface area contributed by atoms with Gasteiger partial charge in [0.1, 0.15) is 11.3 Å². The first-order valence-electron chi connectivity index (χ1n) is 7.07. The molecule has 2 rings (SSSR count). The lowest BCUT2D eigenvalue weighted by Gasteiger charge is -2.25. The number of amides is 1. The summed E-state index contributed by atoms with van der Waals surface area (Å²) >= 11 is 0. The van der Waals surface area contributed by atoms with Crippen molar-refractivity contribution in [1.29, 1.82) is 0 Å². The highest BCUT2D eigenvalue weighted by molar-refractivity contribution is 5.77. The van der Waals surface area contributed by atoms with Gasteiger partial charge in [-0.3, -0.25) is 14.4 Å². The minimum atomic E-state index is -0.532. The number of hydrogen-bond acceptors (Lipinski definition) is 4. The number of hydrogen-bond donors (Lipinski definition) is 0. The average molecular weight is 293 g/mol. The summed E-state index contributed by atoms with van der Waals surface area (Å²) < 4.78 is 7.09. The molecule has 0 fully saturated rings. The van der Waals surface area contributed by atoms with Gasteiger partial charge in [-0.1, -0.05) is 0 Å². The molecule has 1 aromatic heterocycles. The highest BCUT2D eigenvalue weighted by Crippen LogP contribution is 2.29. The lowest BCUT2D eigenvalue weighted by atomic mass is 10.1. The molecule has 0 unspecified atom stereocenters. The third kappa shape index (κ3) is 3.09. The smallest absolute Gasteiger partial charge is 0.410 e. The van der Waals surface area contributed by atoms with Crippen molar-refractivity contribution in [3.8, 4) is 0 Å². The molecule has 1 aliphatic rings. The Morgan fingerprint density at radius 1 is 1.19 bits per heavy atom. The van der Waals surface area contributed by atoms with Gasteiger partial charge in [0.05, 0.1) is 24.3 Å². The van der Waals surface area contributed by atoms with Crippen LogP contribution in [0.3, 0.4) is 0 Å². The maximum Gasteiger partial charge on any atom is 0.410 e. The predicted octanol–water partition coefficient (Wildman–Crippen LogP) is 2.70. The van der Waals surface area contributed by atoms with E-state index in [2.05, 4.69) is 5.10 Å². The van der Waals surface area contributed by atoms with E-state index in [4.69, 9.17) is 4.74 Å². The first-order valence-corrected chi connectivity index (χ1v) is 7.07. The zero-order valence-electron chi connectivity index (χ0n) is 13.6. The Kier molecular flexibility index (Phi) is 3.59. The van der Waals surface area contributed by atoms with Crippen LogP contribution in [0.25, 0.3) is 0 Å². The molecule has 6 heteroatoms. The zero-order valence-corrected chi connectivity index (χ0v) is 13.6. The number of fused-ring (bicyclic) bond motifs is 1. The SMILES string of the molecule is CC(C)(C)OC(=O)N1Cc2nn(C(C)(C)C)c(C=O)c2C1. The van der Waals surface area contributed by atoms with Crippen LogP contribution in [0.5, 0.6) is 0 Å². The highest BCUT2D eigenvalue weighted by Gasteiger charge is 2.34. The Labute approximate surface area is 125 Å². The topological polar surface area (TPSA) is 64.4 Å². The third-order valence-electron chi connectivity index (χ3n) is 3.19. The maximum absolute atomic E-state index is 12.1. The van der Waals surface area contributed by atoms with Crippen molar-refractivity contribution >= 4 is 12.4 Å². The molecule has 1 aliphatic heterocycles.